The van der Waals surface area contributed by atoms with E-state index in [2.05, 4.69) is 9.97 Å². The fourth-order valence-corrected chi connectivity index (χ4v) is 2.08. The van der Waals surface area contributed by atoms with Crippen LogP contribution >= 0.6 is 0 Å². The number of imidazole rings is 1. The summed E-state index contributed by atoms with van der Waals surface area (Å²) in [4.78, 5) is 18.9. The molecule has 1 aromatic carbocycles. The zero-order valence-corrected chi connectivity index (χ0v) is 8.90. The minimum atomic E-state index is -0.0735. The number of aryl methyl sites for hydroxylation is 1. The molecule has 2 heterocycles. The summed E-state index contributed by atoms with van der Waals surface area (Å²) in [6.07, 6.45) is 1.74. The van der Waals surface area contributed by atoms with Gasteiger partial charge in [0.05, 0.1) is 16.6 Å². The smallest absolute Gasteiger partial charge is 0.304 e. The van der Waals surface area contributed by atoms with Crippen LogP contribution in [0.15, 0.2) is 35.3 Å². The second-order valence-electron chi connectivity index (χ2n) is 3.71. The van der Waals surface area contributed by atoms with Gasteiger partial charge >= 0.3 is 5.69 Å². The van der Waals surface area contributed by atoms with E-state index in [0.717, 1.165) is 21.9 Å². The Morgan fingerprint density at radius 3 is 3.06 bits per heavy atom. The minimum Gasteiger partial charge on any atom is -0.304 e. The lowest BCUT2D eigenvalue weighted by molar-refractivity contribution is 0.753. The molecule has 2 aromatic heterocycles. The molecule has 0 radical (unpaired) electrons. The molecule has 0 aliphatic carbocycles. The number of hydrogen-bond donors (Lipinski definition) is 1. The summed E-state index contributed by atoms with van der Waals surface area (Å²) in [6, 6.07) is 7.83. The number of aromatic amines is 1. The fourth-order valence-electron chi connectivity index (χ4n) is 2.08. The van der Waals surface area contributed by atoms with Crippen LogP contribution in [0.25, 0.3) is 21.9 Å². The molecule has 0 atom stereocenters. The van der Waals surface area contributed by atoms with Gasteiger partial charge in [0.15, 0.2) is 0 Å². The Bertz CT molecular complexity index is 724. The van der Waals surface area contributed by atoms with Crippen molar-refractivity contribution in [3.8, 4) is 0 Å². The molecular formula is C12H11N3O. The summed E-state index contributed by atoms with van der Waals surface area (Å²) in [5, 5.41) is 1.04. The SMILES string of the molecule is CCn1c(=O)[nH]c2c3ncccc3ccc21. The van der Waals surface area contributed by atoms with Crippen molar-refractivity contribution in [2.45, 2.75) is 13.5 Å². The zero-order valence-electron chi connectivity index (χ0n) is 8.90. The molecular weight excluding hydrogens is 202 g/mol. The third-order valence-electron chi connectivity index (χ3n) is 2.84. The predicted octanol–water partition coefficient (Wildman–Crippen LogP) is 1.90. The van der Waals surface area contributed by atoms with Gasteiger partial charge in [0.2, 0.25) is 0 Å². The highest BCUT2D eigenvalue weighted by Gasteiger charge is 2.08. The fraction of sp³-hybridized carbons (Fsp3) is 0.167. The van der Waals surface area contributed by atoms with Crippen molar-refractivity contribution in [3.05, 3.63) is 40.9 Å². The van der Waals surface area contributed by atoms with E-state index in [0.29, 0.717) is 6.54 Å². The summed E-state index contributed by atoms with van der Waals surface area (Å²) in [7, 11) is 0. The first-order valence-corrected chi connectivity index (χ1v) is 5.27. The van der Waals surface area contributed by atoms with Crippen LogP contribution in [0.3, 0.4) is 0 Å². The van der Waals surface area contributed by atoms with Crippen LogP contribution in [-0.2, 0) is 6.54 Å². The minimum absolute atomic E-state index is 0.0735. The summed E-state index contributed by atoms with van der Waals surface area (Å²) < 4.78 is 1.71. The molecule has 0 amide bonds. The molecule has 3 aromatic rings. The highest BCUT2D eigenvalue weighted by molar-refractivity contribution is 6.01. The van der Waals surface area contributed by atoms with E-state index >= 15 is 0 Å². The summed E-state index contributed by atoms with van der Waals surface area (Å²) in [5.74, 6) is 0. The van der Waals surface area contributed by atoms with Crippen LogP contribution in [-0.4, -0.2) is 14.5 Å². The van der Waals surface area contributed by atoms with Crippen molar-refractivity contribution in [3.63, 3.8) is 0 Å². The molecule has 80 valence electrons. The zero-order chi connectivity index (χ0) is 11.1. The average Bonchev–Trinajstić information content (AvgIpc) is 2.65. The molecule has 1 N–H and O–H groups in total. The lowest BCUT2D eigenvalue weighted by Gasteiger charge is -2.00. The van der Waals surface area contributed by atoms with Crippen LogP contribution in [0.1, 0.15) is 6.92 Å². The highest BCUT2D eigenvalue weighted by Crippen LogP contribution is 2.20. The second kappa shape index (κ2) is 3.20. The van der Waals surface area contributed by atoms with Crippen LogP contribution < -0.4 is 5.69 Å². The third kappa shape index (κ3) is 1.10. The van der Waals surface area contributed by atoms with Gasteiger partial charge in [0, 0.05) is 18.1 Å². The molecule has 0 bridgehead atoms. The van der Waals surface area contributed by atoms with Gasteiger partial charge in [0.25, 0.3) is 0 Å². The van der Waals surface area contributed by atoms with Gasteiger partial charge in [-0.2, -0.15) is 0 Å². The molecule has 3 rings (SSSR count). The lowest BCUT2D eigenvalue weighted by Crippen LogP contribution is -2.14. The third-order valence-corrected chi connectivity index (χ3v) is 2.84. The maximum Gasteiger partial charge on any atom is 0.326 e. The molecule has 16 heavy (non-hydrogen) atoms. The van der Waals surface area contributed by atoms with Gasteiger partial charge in [0.1, 0.15) is 0 Å². The molecule has 0 aliphatic heterocycles. The van der Waals surface area contributed by atoms with E-state index in [1.165, 1.54) is 0 Å². The number of hydrogen-bond acceptors (Lipinski definition) is 2. The molecule has 4 heteroatoms. The number of rotatable bonds is 1. The van der Waals surface area contributed by atoms with E-state index in [9.17, 15) is 4.79 Å². The van der Waals surface area contributed by atoms with Crippen molar-refractivity contribution < 1.29 is 0 Å². The first-order valence-electron chi connectivity index (χ1n) is 5.27. The number of nitrogens with one attached hydrogen (secondary N) is 1. The van der Waals surface area contributed by atoms with Gasteiger partial charge in [-0.1, -0.05) is 12.1 Å². The van der Waals surface area contributed by atoms with Crippen molar-refractivity contribution in [1.82, 2.24) is 14.5 Å². The van der Waals surface area contributed by atoms with Crippen LogP contribution in [0, 0.1) is 0 Å². The summed E-state index contributed by atoms with van der Waals surface area (Å²) in [5.41, 5.74) is 2.52. The van der Waals surface area contributed by atoms with Crippen molar-refractivity contribution in [1.29, 1.82) is 0 Å². The Morgan fingerprint density at radius 1 is 1.38 bits per heavy atom. The Hall–Kier alpha value is -2.10. The number of pyridine rings is 1. The van der Waals surface area contributed by atoms with Crippen molar-refractivity contribution in [2.75, 3.05) is 0 Å². The van der Waals surface area contributed by atoms with Crippen LogP contribution in [0.2, 0.25) is 0 Å². The second-order valence-corrected chi connectivity index (χ2v) is 3.71. The normalized spacial score (nSPS) is 11.3. The first kappa shape index (κ1) is 9.15. The summed E-state index contributed by atoms with van der Waals surface area (Å²) in [6.45, 7) is 2.62. The van der Waals surface area contributed by atoms with Gasteiger partial charge in [-0.25, -0.2) is 4.79 Å². The quantitative estimate of drug-likeness (QED) is 0.671. The van der Waals surface area contributed by atoms with Gasteiger partial charge in [-0.3, -0.25) is 9.55 Å². The number of fused-ring (bicyclic) bond motifs is 3. The first-order chi connectivity index (χ1) is 7.81. The van der Waals surface area contributed by atoms with E-state index < -0.39 is 0 Å². The molecule has 0 saturated heterocycles. The molecule has 0 unspecified atom stereocenters. The Kier molecular flexibility index (Phi) is 1.83. The largest absolute Gasteiger partial charge is 0.326 e. The van der Waals surface area contributed by atoms with E-state index in [-0.39, 0.29) is 5.69 Å². The highest BCUT2D eigenvalue weighted by atomic mass is 16.1. The Morgan fingerprint density at radius 2 is 2.25 bits per heavy atom. The van der Waals surface area contributed by atoms with Crippen LogP contribution in [0.4, 0.5) is 0 Å². The number of aromatic nitrogens is 3. The molecule has 0 fully saturated rings. The number of nitrogens with zero attached hydrogens (tertiary/aromatic N) is 2. The predicted molar refractivity (Wildman–Crippen MR) is 63.5 cm³/mol. The van der Waals surface area contributed by atoms with Gasteiger partial charge in [-0.05, 0) is 19.1 Å². The van der Waals surface area contributed by atoms with E-state index in [1.54, 1.807) is 10.8 Å². The number of H-pyrrole nitrogens is 1. The Balaban J connectivity index is 2.57. The summed E-state index contributed by atoms with van der Waals surface area (Å²) >= 11 is 0. The average molecular weight is 213 g/mol. The van der Waals surface area contributed by atoms with Crippen molar-refractivity contribution >= 4 is 21.9 Å². The van der Waals surface area contributed by atoms with Gasteiger partial charge in [-0.15, -0.1) is 0 Å². The molecule has 0 spiro atoms. The van der Waals surface area contributed by atoms with Crippen molar-refractivity contribution in [2.24, 2.45) is 0 Å². The maximum atomic E-state index is 11.7. The monoisotopic (exact) mass is 213 g/mol. The topological polar surface area (TPSA) is 50.7 Å². The standard InChI is InChI=1S/C12H11N3O/c1-2-15-9-6-5-8-4-3-7-13-10(8)11(9)14-12(15)16/h3-7H,2H2,1H3,(H,14,16). The Labute approximate surface area is 91.5 Å². The van der Waals surface area contributed by atoms with Crippen LogP contribution in [0.5, 0.6) is 0 Å². The van der Waals surface area contributed by atoms with Gasteiger partial charge < -0.3 is 4.98 Å². The molecule has 0 saturated carbocycles. The molecule has 0 aliphatic rings. The maximum absolute atomic E-state index is 11.7. The van der Waals surface area contributed by atoms with E-state index in [4.69, 9.17) is 0 Å². The lowest BCUT2D eigenvalue weighted by atomic mass is 10.2. The van der Waals surface area contributed by atoms with E-state index in [1.807, 2.05) is 31.2 Å². The molecule has 4 nitrogen and oxygen atoms in total. The number of benzene rings is 1.